The molecule has 2 aliphatic heterocycles. The molecule has 13 heteroatoms. The second-order valence-electron chi connectivity index (χ2n) is 14.9. The van der Waals surface area contributed by atoms with Gasteiger partial charge in [0.15, 0.2) is 0 Å². The number of amides is 2. The van der Waals surface area contributed by atoms with Gasteiger partial charge in [0, 0.05) is 76.9 Å². The zero-order valence-corrected chi connectivity index (χ0v) is 32.8. The third-order valence-electron chi connectivity index (χ3n) is 7.83. The van der Waals surface area contributed by atoms with Gasteiger partial charge < -0.3 is 34.1 Å². The van der Waals surface area contributed by atoms with Crippen molar-refractivity contribution in [3.63, 3.8) is 0 Å². The van der Waals surface area contributed by atoms with Crippen LogP contribution in [-0.4, -0.2) is 107 Å². The van der Waals surface area contributed by atoms with Gasteiger partial charge in [-0.3, -0.25) is 19.7 Å². The maximum atomic E-state index is 12.2. The number of nitrogens with zero attached hydrogens (tertiary/aromatic N) is 5. The van der Waals surface area contributed by atoms with Crippen LogP contribution in [0.5, 0.6) is 23.0 Å². The number of aldehydes is 1. The molecule has 0 unspecified atom stereocenters. The minimum atomic E-state index is -0.455. The Bertz CT molecular complexity index is 1770. The van der Waals surface area contributed by atoms with Crippen molar-refractivity contribution in [3.8, 4) is 23.0 Å². The van der Waals surface area contributed by atoms with Crippen LogP contribution in [0.15, 0.2) is 97.6 Å². The van der Waals surface area contributed by atoms with Crippen LogP contribution in [0.1, 0.15) is 57.5 Å². The number of ether oxygens (including phenoxy) is 4. The quantitative estimate of drug-likeness (QED) is 0.189. The smallest absolute Gasteiger partial charge is 0.410 e. The van der Waals surface area contributed by atoms with Crippen LogP contribution in [0.2, 0.25) is 0 Å². The minimum Gasteiger partial charge on any atom is -0.456 e. The van der Waals surface area contributed by atoms with E-state index in [-0.39, 0.29) is 17.8 Å². The molecule has 2 aromatic heterocycles. The van der Waals surface area contributed by atoms with E-state index in [2.05, 4.69) is 26.3 Å². The highest BCUT2D eigenvalue weighted by Gasteiger charge is 2.26. The normalized spacial score (nSPS) is 14.6. The van der Waals surface area contributed by atoms with Crippen LogP contribution in [-0.2, 0) is 16.0 Å². The Labute approximate surface area is 324 Å². The predicted octanol–water partition coefficient (Wildman–Crippen LogP) is 7.44. The highest BCUT2D eigenvalue weighted by molar-refractivity contribution is 5.75. The van der Waals surface area contributed by atoms with Gasteiger partial charge in [0.25, 0.3) is 0 Å². The Balaban J connectivity index is 0.000000202. The average Bonchev–Trinajstić information content (AvgIpc) is 3.16. The third kappa shape index (κ3) is 16.2. The van der Waals surface area contributed by atoms with E-state index in [1.54, 1.807) is 71.0 Å². The summed E-state index contributed by atoms with van der Waals surface area (Å²) in [6.45, 7) is 18.4. The molecule has 2 aliphatic rings. The molecule has 55 heavy (non-hydrogen) atoms. The molecule has 2 saturated heterocycles. The molecular formula is C42H54N6O7. The van der Waals surface area contributed by atoms with Gasteiger partial charge in [-0.1, -0.05) is 24.3 Å². The Morgan fingerprint density at radius 1 is 0.655 bits per heavy atom. The minimum absolute atomic E-state index is 0.200. The fourth-order valence-corrected chi connectivity index (χ4v) is 5.29. The van der Waals surface area contributed by atoms with Crippen molar-refractivity contribution in [1.82, 2.24) is 30.0 Å². The summed E-state index contributed by atoms with van der Waals surface area (Å²) < 4.78 is 22.0. The number of nitrogens with one attached hydrogen (secondary N) is 1. The van der Waals surface area contributed by atoms with E-state index in [0.29, 0.717) is 30.2 Å². The van der Waals surface area contributed by atoms with E-state index in [9.17, 15) is 14.4 Å². The average molecular weight is 755 g/mol. The molecule has 0 atom stereocenters. The van der Waals surface area contributed by atoms with Gasteiger partial charge in [-0.25, -0.2) is 9.59 Å². The molecule has 0 saturated carbocycles. The van der Waals surface area contributed by atoms with Gasteiger partial charge in [0.1, 0.15) is 40.5 Å². The lowest BCUT2D eigenvalue weighted by Crippen LogP contribution is -2.49. The van der Waals surface area contributed by atoms with E-state index in [4.69, 9.17) is 18.9 Å². The molecule has 2 fully saturated rings. The number of hydrogen-bond acceptors (Lipinski definition) is 11. The molecule has 2 aromatic carbocycles. The van der Waals surface area contributed by atoms with Crippen molar-refractivity contribution in [2.24, 2.45) is 0 Å². The van der Waals surface area contributed by atoms with E-state index >= 15 is 0 Å². The zero-order chi connectivity index (χ0) is 39.7. The highest BCUT2D eigenvalue weighted by atomic mass is 16.6. The molecule has 2 amide bonds. The number of piperazine rings is 2. The number of hydrogen-bond donors (Lipinski definition) is 1. The molecule has 4 aromatic rings. The highest BCUT2D eigenvalue weighted by Crippen LogP contribution is 2.23. The molecule has 4 heterocycles. The van der Waals surface area contributed by atoms with Crippen LogP contribution >= 0.6 is 0 Å². The molecule has 0 spiro atoms. The van der Waals surface area contributed by atoms with Crippen LogP contribution in [0.4, 0.5) is 9.59 Å². The lowest BCUT2D eigenvalue weighted by Gasteiger charge is -2.35. The molecule has 0 aliphatic carbocycles. The van der Waals surface area contributed by atoms with Crippen LogP contribution in [0.3, 0.4) is 0 Å². The second-order valence-corrected chi connectivity index (χ2v) is 14.9. The van der Waals surface area contributed by atoms with Gasteiger partial charge >= 0.3 is 12.2 Å². The number of benzene rings is 2. The van der Waals surface area contributed by atoms with Gasteiger partial charge in [-0.05, 0) is 95.6 Å². The first kappa shape index (κ1) is 42.2. The van der Waals surface area contributed by atoms with Crippen molar-refractivity contribution in [3.05, 3.63) is 109 Å². The summed E-state index contributed by atoms with van der Waals surface area (Å²) in [5, 5.41) is 3.18. The first-order valence-electron chi connectivity index (χ1n) is 18.5. The molecule has 0 bridgehead atoms. The lowest BCUT2D eigenvalue weighted by atomic mass is 10.2. The largest absolute Gasteiger partial charge is 0.456 e. The van der Waals surface area contributed by atoms with Gasteiger partial charge in [-0.15, -0.1) is 0 Å². The molecule has 0 radical (unpaired) electrons. The van der Waals surface area contributed by atoms with Gasteiger partial charge in [0.05, 0.1) is 12.4 Å². The monoisotopic (exact) mass is 754 g/mol. The Morgan fingerprint density at radius 3 is 1.64 bits per heavy atom. The van der Waals surface area contributed by atoms with E-state index in [1.165, 1.54) is 5.56 Å². The zero-order valence-electron chi connectivity index (χ0n) is 32.8. The van der Waals surface area contributed by atoms with E-state index in [0.717, 1.165) is 63.6 Å². The van der Waals surface area contributed by atoms with Crippen molar-refractivity contribution < 1.29 is 33.3 Å². The topological polar surface area (TPSA) is 136 Å². The Morgan fingerprint density at radius 2 is 1.15 bits per heavy atom. The first-order valence-corrected chi connectivity index (χ1v) is 18.5. The lowest BCUT2D eigenvalue weighted by molar-refractivity contribution is 0.0138. The number of pyridine rings is 2. The predicted molar refractivity (Wildman–Crippen MR) is 211 cm³/mol. The van der Waals surface area contributed by atoms with Crippen molar-refractivity contribution in [2.45, 2.75) is 59.3 Å². The molecule has 6 rings (SSSR count). The summed E-state index contributed by atoms with van der Waals surface area (Å²) in [4.78, 5) is 48.0. The summed E-state index contributed by atoms with van der Waals surface area (Å²) in [6, 6.07) is 22.4. The van der Waals surface area contributed by atoms with Crippen LogP contribution in [0.25, 0.3) is 0 Å². The third-order valence-corrected chi connectivity index (χ3v) is 7.83. The standard InChI is InChI=1S/C21H27N3O3.C12H9NO2.C9H18N2O2/c1-21(2,3)27-20(25)24-12-10-23(11-13-24)16-17-6-4-7-18(14-17)26-19-8-5-9-22-15-19;14-9-10-3-1-4-11(7-10)15-12-5-2-6-13-8-12;1-9(2,3)13-8(12)11-6-4-10-5-7-11/h4-9,14-15H,10-13,16H2,1-3H3;1-9H;10H,4-7H2,1-3H3. The fraction of sp³-hybridized carbons (Fsp3) is 0.405. The Hall–Kier alpha value is -5.53. The van der Waals surface area contributed by atoms with Gasteiger partial charge in [-0.2, -0.15) is 0 Å². The summed E-state index contributed by atoms with van der Waals surface area (Å²) in [6.07, 6.45) is 7.07. The van der Waals surface area contributed by atoms with Gasteiger partial charge in [0.2, 0.25) is 0 Å². The van der Waals surface area contributed by atoms with E-state index in [1.807, 2.05) is 71.9 Å². The number of rotatable bonds is 7. The number of carbonyl (C=O) groups is 3. The second kappa shape index (κ2) is 20.8. The molecule has 294 valence electrons. The number of aromatic nitrogens is 2. The molecule has 13 nitrogen and oxygen atoms in total. The number of carbonyl (C=O) groups excluding carboxylic acids is 3. The maximum absolute atomic E-state index is 12.2. The fourth-order valence-electron chi connectivity index (χ4n) is 5.29. The van der Waals surface area contributed by atoms with Crippen LogP contribution < -0.4 is 14.8 Å². The van der Waals surface area contributed by atoms with Crippen molar-refractivity contribution in [1.29, 1.82) is 0 Å². The van der Waals surface area contributed by atoms with Crippen molar-refractivity contribution in [2.75, 3.05) is 52.4 Å². The summed E-state index contributed by atoms with van der Waals surface area (Å²) >= 11 is 0. The summed E-state index contributed by atoms with van der Waals surface area (Å²) in [5.74, 6) is 2.81. The Kier molecular flexibility index (Phi) is 16.0. The summed E-state index contributed by atoms with van der Waals surface area (Å²) in [5.41, 5.74) is 0.934. The summed E-state index contributed by atoms with van der Waals surface area (Å²) in [7, 11) is 0. The van der Waals surface area contributed by atoms with E-state index < -0.39 is 5.60 Å². The molecular weight excluding hydrogens is 700 g/mol. The maximum Gasteiger partial charge on any atom is 0.410 e. The van der Waals surface area contributed by atoms with Crippen LogP contribution in [0, 0.1) is 0 Å². The molecule has 1 N–H and O–H groups in total. The van der Waals surface area contributed by atoms with Crippen molar-refractivity contribution >= 4 is 18.5 Å². The first-order chi connectivity index (χ1) is 26.3. The SMILES string of the molecule is CC(C)(C)OC(=O)N1CCN(Cc2cccc(Oc3cccnc3)c2)CC1.CC(C)(C)OC(=O)N1CCNCC1.O=Cc1cccc(Oc2cccnc2)c1.